The number of carbonyl (C=O) groups excluding carboxylic acids is 1. The first-order chi connectivity index (χ1) is 7.86. The highest BCUT2D eigenvalue weighted by Gasteiger charge is 2.18. The lowest BCUT2D eigenvalue weighted by atomic mass is 10.2. The predicted molar refractivity (Wildman–Crippen MR) is 61.1 cm³/mol. The average Bonchev–Trinajstić information content (AvgIpc) is 2.72. The van der Waals surface area contributed by atoms with Crippen LogP contribution in [0.4, 0.5) is 4.79 Å². The standard InChI is InChI=1S/C12H16N2O2/c15-12-13-6-7-14(12)8-9-16-10-11-4-2-1-3-5-11/h1-5H,6-10H2,(H,13,15). The van der Waals surface area contributed by atoms with E-state index in [0.717, 1.165) is 18.7 Å². The van der Waals surface area contributed by atoms with Crippen LogP contribution in [0.1, 0.15) is 5.56 Å². The van der Waals surface area contributed by atoms with Crippen LogP contribution in [0.15, 0.2) is 30.3 Å². The molecule has 1 aliphatic rings. The summed E-state index contributed by atoms with van der Waals surface area (Å²) in [5.41, 5.74) is 1.16. The zero-order chi connectivity index (χ0) is 11.2. The summed E-state index contributed by atoms with van der Waals surface area (Å²) in [4.78, 5) is 13.0. The van der Waals surface area contributed by atoms with E-state index in [1.165, 1.54) is 0 Å². The normalized spacial score (nSPS) is 15.2. The van der Waals surface area contributed by atoms with Crippen LogP contribution >= 0.6 is 0 Å². The first kappa shape index (κ1) is 11.0. The van der Waals surface area contributed by atoms with Crippen molar-refractivity contribution in [1.29, 1.82) is 0 Å². The Morgan fingerprint density at radius 2 is 2.12 bits per heavy atom. The number of benzene rings is 1. The van der Waals surface area contributed by atoms with Crippen molar-refractivity contribution in [3.05, 3.63) is 35.9 Å². The van der Waals surface area contributed by atoms with E-state index >= 15 is 0 Å². The fourth-order valence-electron chi connectivity index (χ4n) is 1.66. The van der Waals surface area contributed by atoms with Gasteiger partial charge < -0.3 is 15.0 Å². The van der Waals surface area contributed by atoms with Crippen molar-refractivity contribution in [2.75, 3.05) is 26.2 Å². The van der Waals surface area contributed by atoms with Crippen molar-refractivity contribution in [3.8, 4) is 0 Å². The molecular formula is C12H16N2O2. The molecule has 0 spiro atoms. The molecule has 0 aliphatic carbocycles. The SMILES string of the molecule is O=C1NCCN1CCOCc1ccccc1. The van der Waals surface area contributed by atoms with Crippen LogP contribution in [0, 0.1) is 0 Å². The molecule has 4 heteroatoms. The summed E-state index contributed by atoms with van der Waals surface area (Å²) >= 11 is 0. The van der Waals surface area contributed by atoms with E-state index in [1.54, 1.807) is 4.90 Å². The topological polar surface area (TPSA) is 41.6 Å². The van der Waals surface area contributed by atoms with Crippen LogP contribution in [-0.2, 0) is 11.3 Å². The number of ether oxygens (including phenoxy) is 1. The molecule has 0 unspecified atom stereocenters. The molecule has 0 aromatic heterocycles. The van der Waals surface area contributed by atoms with E-state index in [0.29, 0.717) is 19.8 Å². The molecular weight excluding hydrogens is 204 g/mol. The zero-order valence-electron chi connectivity index (χ0n) is 9.19. The second-order valence-electron chi connectivity index (χ2n) is 3.76. The van der Waals surface area contributed by atoms with Gasteiger partial charge in [0.2, 0.25) is 0 Å². The average molecular weight is 220 g/mol. The van der Waals surface area contributed by atoms with Gasteiger partial charge in [-0.1, -0.05) is 30.3 Å². The smallest absolute Gasteiger partial charge is 0.317 e. The highest BCUT2D eigenvalue weighted by molar-refractivity contribution is 5.76. The Bertz CT molecular complexity index is 340. The molecule has 1 saturated heterocycles. The lowest BCUT2D eigenvalue weighted by molar-refractivity contribution is 0.104. The Kier molecular flexibility index (Phi) is 3.77. The lowest BCUT2D eigenvalue weighted by Gasteiger charge is -2.13. The van der Waals surface area contributed by atoms with Crippen molar-refractivity contribution in [1.82, 2.24) is 10.2 Å². The van der Waals surface area contributed by atoms with E-state index in [4.69, 9.17) is 4.74 Å². The summed E-state index contributed by atoms with van der Waals surface area (Å²) in [5, 5.41) is 2.76. The first-order valence-electron chi connectivity index (χ1n) is 5.51. The molecule has 1 aliphatic heterocycles. The fraction of sp³-hybridized carbons (Fsp3) is 0.417. The molecule has 0 atom stereocenters. The molecule has 1 aromatic rings. The van der Waals surface area contributed by atoms with Gasteiger partial charge in [0.05, 0.1) is 13.2 Å². The molecule has 2 amide bonds. The molecule has 16 heavy (non-hydrogen) atoms. The van der Waals surface area contributed by atoms with Gasteiger partial charge in [-0.2, -0.15) is 0 Å². The van der Waals surface area contributed by atoms with Gasteiger partial charge in [0, 0.05) is 19.6 Å². The van der Waals surface area contributed by atoms with Crippen LogP contribution in [0.3, 0.4) is 0 Å². The Morgan fingerprint density at radius 1 is 1.31 bits per heavy atom. The maximum atomic E-state index is 11.2. The number of hydrogen-bond acceptors (Lipinski definition) is 2. The molecule has 1 aromatic carbocycles. The Morgan fingerprint density at radius 3 is 2.81 bits per heavy atom. The minimum Gasteiger partial charge on any atom is -0.375 e. The number of amides is 2. The van der Waals surface area contributed by atoms with Crippen LogP contribution in [0.2, 0.25) is 0 Å². The highest BCUT2D eigenvalue weighted by Crippen LogP contribution is 2.01. The molecule has 4 nitrogen and oxygen atoms in total. The molecule has 0 radical (unpaired) electrons. The highest BCUT2D eigenvalue weighted by atomic mass is 16.5. The Balaban J connectivity index is 1.64. The third-order valence-corrected chi connectivity index (χ3v) is 2.56. The van der Waals surface area contributed by atoms with E-state index < -0.39 is 0 Å². The van der Waals surface area contributed by atoms with Gasteiger partial charge in [0.25, 0.3) is 0 Å². The third kappa shape index (κ3) is 2.97. The largest absolute Gasteiger partial charge is 0.375 e. The monoisotopic (exact) mass is 220 g/mol. The van der Waals surface area contributed by atoms with E-state index in [2.05, 4.69) is 5.32 Å². The zero-order valence-corrected chi connectivity index (χ0v) is 9.19. The van der Waals surface area contributed by atoms with Crippen molar-refractivity contribution in [2.24, 2.45) is 0 Å². The quantitative estimate of drug-likeness (QED) is 0.758. The van der Waals surface area contributed by atoms with Crippen molar-refractivity contribution in [2.45, 2.75) is 6.61 Å². The van der Waals surface area contributed by atoms with Gasteiger partial charge in [-0.3, -0.25) is 0 Å². The fourth-order valence-corrected chi connectivity index (χ4v) is 1.66. The van der Waals surface area contributed by atoms with E-state index in [9.17, 15) is 4.79 Å². The van der Waals surface area contributed by atoms with Crippen LogP contribution < -0.4 is 5.32 Å². The summed E-state index contributed by atoms with van der Waals surface area (Å²) in [6.45, 7) is 3.39. The Hall–Kier alpha value is -1.55. The summed E-state index contributed by atoms with van der Waals surface area (Å²) in [6.07, 6.45) is 0. The molecule has 1 heterocycles. The number of hydrogen-bond donors (Lipinski definition) is 1. The molecule has 1 fully saturated rings. The molecule has 0 bridgehead atoms. The lowest BCUT2D eigenvalue weighted by Crippen LogP contribution is -2.31. The van der Waals surface area contributed by atoms with Crippen LogP contribution in [0.25, 0.3) is 0 Å². The number of nitrogens with zero attached hydrogens (tertiary/aromatic N) is 1. The molecule has 0 saturated carbocycles. The van der Waals surface area contributed by atoms with Crippen LogP contribution in [0.5, 0.6) is 0 Å². The van der Waals surface area contributed by atoms with Gasteiger partial charge in [0.15, 0.2) is 0 Å². The van der Waals surface area contributed by atoms with Crippen LogP contribution in [-0.4, -0.2) is 37.2 Å². The van der Waals surface area contributed by atoms with Gasteiger partial charge in [-0.25, -0.2) is 4.79 Å². The van der Waals surface area contributed by atoms with Gasteiger partial charge in [-0.15, -0.1) is 0 Å². The van der Waals surface area contributed by atoms with Crippen molar-refractivity contribution in [3.63, 3.8) is 0 Å². The second-order valence-corrected chi connectivity index (χ2v) is 3.76. The minimum atomic E-state index is 0.0170. The first-order valence-corrected chi connectivity index (χ1v) is 5.51. The number of rotatable bonds is 5. The van der Waals surface area contributed by atoms with Gasteiger partial charge in [0.1, 0.15) is 0 Å². The summed E-state index contributed by atoms with van der Waals surface area (Å²) in [6, 6.07) is 10.0. The molecule has 86 valence electrons. The van der Waals surface area contributed by atoms with Crippen molar-refractivity contribution < 1.29 is 9.53 Å². The second kappa shape index (κ2) is 5.51. The summed E-state index contributed by atoms with van der Waals surface area (Å²) in [5.74, 6) is 0. The predicted octanol–water partition coefficient (Wildman–Crippen LogP) is 1.23. The minimum absolute atomic E-state index is 0.0170. The van der Waals surface area contributed by atoms with E-state index in [1.807, 2.05) is 30.3 Å². The Labute approximate surface area is 95.2 Å². The number of urea groups is 1. The van der Waals surface area contributed by atoms with E-state index in [-0.39, 0.29) is 6.03 Å². The number of nitrogens with one attached hydrogen (secondary N) is 1. The summed E-state index contributed by atoms with van der Waals surface area (Å²) in [7, 11) is 0. The maximum absolute atomic E-state index is 11.2. The third-order valence-electron chi connectivity index (χ3n) is 2.56. The van der Waals surface area contributed by atoms with Gasteiger partial charge >= 0.3 is 6.03 Å². The number of carbonyl (C=O) groups is 1. The van der Waals surface area contributed by atoms with Gasteiger partial charge in [-0.05, 0) is 5.56 Å². The van der Waals surface area contributed by atoms with Crippen molar-refractivity contribution >= 4 is 6.03 Å². The summed E-state index contributed by atoms with van der Waals surface area (Å²) < 4.78 is 5.51. The molecule has 1 N–H and O–H groups in total. The maximum Gasteiger partial charge on any atom is 0.317 e. The molecule has 2 rings (SSSR count).